The SMILES string of the molecule is CC1(CNC(=O)CC2(CC(=O)O)CCCC2)CCOCC1. The Labute approximate surface area is 126 Å². The molecule has 120 valence electrons. The highest BCUT2D eigenvalue weighted by Crippen LogP contribution is 2.44. The van der Waals surface area contributed by atoms with Gasteiger partial charge in [-0.2, -0.15) is 0 Å². The lowest BCUT2D eigenvalue weighted by Crippen LogP contribution is -2.41. The monoisotopic (exact) mass is 297 g/mol. The molecule has 0 aromatic heterocycles. The Morgan fingerprint density at radius 1 is 1.10 bits per heavy atom. The van der Waals surface area contributed by atoms with Gasteiger partial charge >= 0.3 is 5.97 Å². The Morgan fingerprint density at radius 2 is 1.71 bits per heavy atom. The van der Waals surface area contributed by atoms with Crippen molar-refractivity contribution in [2.75, 3.05) is 19.8 Å². The van der Waals surface area contributed by atoms with Crippen molar-refractivity contribution in [3.05, 3.63) is 0 Å². The maximum absolute atomic E-state index is 12.2. The first-order chi connectivity index (χ1) is 9.93. The third-order valence-corrected chi connectivity index (χ3v) is 5.14. The highest BCUT2D eigenvalue weighted by Gasteiger charge is 2.38. The van der Waals surface area contributed by atoms with Crippen molar-refractivity contribution in [1.29, 1.82) is 0 Å². The van der Waals surface area contributed by atoms with Gasteiger partial charge in [-0.15, -0.1) is 0 Å². The second-order valence-electron chi connectivity index (χ2n) is 7.15. The van der Waals surface area contributed by atoms with Crippen LogP contribution >= 0.6 is 0 Å². The van der Waals surface area contributed by atoms with Crippen LogP contribution in [-0.4, -0.2) is 36.7 Å². The molecule has 1 heterocycles. The van der Waals surface area contributed by atoms with Gasteiger partial charge in [0, 0.05) is 26.2 Å². The highest BCUT2D eigenvalue weighted by molar-refractivity contribution is 5.78. The number of carbonyl (C=O) groups excluding carboxylic acids is 1. The number of carbonyl (C=O) groups is 2. The molecule has 0 radical (unpaired) electrons. The molecule has 0 aromatic carbocycles. The first-order valence-electron chi connectivity index (χ1n) is 7.99. The van der Waals surface area contributed by atoms with E-state index in [0.717, 1.165) is 51.7 Å². The topological polar surface area (TPSA) is 75.6 Å². The number of amides is 1. The summed E-state index contributed by atoms with van der Waals surface area (Å²) in [7, 11) is 0. The molecule has 0 bridgehead atoms. The molecule has 2 N–H and O–H groups in total. The van der Waals surface area contributed by atoms with Crippen LogP contribution in [0.5, 0.6) is 0 Å². The van der Waals surface area contributed by atoms with Crippen LogP contribution in [0.3, 0.4) is 0 Å². The summed E-state index contributed by atoms with van der Waals surface area (Å²) in [5.41, 5.74) is -0.198. The lowest BCUT2D eigenvalue weighted by atomic mass is 9.78. The van der Waals surface area contributed by atoms with Gasteiger partial charge in [0.05, 0.1) is 6.42 Å². The molecule has 2 rings (SSSR count). The Balaban J connectivity index is 1.83. The molecular weight excluding hydrogens is 270 g/mol. The summed E-state index contributed by atoms with van der Waals surface area (Å²) < 4.78 is 5.36. The average Bonchev–Trinajstić information content (AvgIpc) is 2.85. The molecule has 1 saturated carbocycles. The number of hydrogen-bond donors (Lipinski definition) is 2. The lowest BCUT2D eigenvalue weighted by molar-refractivity contribution is -0.140. The van der Waals surface area contributed by atoms with Crippen molar-refractivity contribution in [2.45, 2.75) is 58.3 Å². The number of rotatable bonds is 6. The van der Waals surface area contributed by atoms with Crippen LogP contribution in [0.25, 0.3) is 0 Å². The van der Waals surface area contributed by atoms with Crippen molar-refractivity contribution in [3.63, 3.8) is 0 Å². The van der Waals surface area contributed by atoms with Crippen LogP contribution < -0.4 is 5.32 Å². The van der Waals surface area contributed by atoms with Gasteiger partial charge in [0.2, 0.25) is 5.91 Å². The minimum atomic E-state index is -0.791. The van der Waals surface area contributed by atoms with E-state index in [-0.39, 0.29) is 23.2 Å². The molecule has 2 aliphatic rings. The Bertz CT molecular complexity index is 382. The minimum Gasteiger partial charge on any atom is -0.481 e. The second-order valence-corrected chi connectivity index (χ2v) is 7.15. The molecule has 1 aliphatic heterocycles. The van der Waals surface area contributed by atoms with Gasteiger partial charge in [0.15, 0.2) is 0 Å². The zero-order valence-electron chi connectivity index (χ0n) is 13.0. The van der Waals surface area contributed by atoms with E-state index in [1.807, 2.05) is 0 Å². The second kappa shape index (κ2) is 6.77. The van der Waals surface area contributed by atoms with Crippen LogP contribution in [-0.2, 0) is 14.3 Å². The Hall–Kier alpha value is -1.10. The van der Waals surface area contributed by atoms with Crippen LogP contribution in [0.1, 0.15) is 58.3 Å². The summed E-state index contributed by atoms with van der Waals surface area (Å²) in [5.74, 6) is -0.785. The predicted octanol–water partition coefficient (Wildman–Crippen LogP) is 2.34. The summed E-state index contributed by atoms with van der Waals surface area (Å²) in [6.07, 6.45) is 6.19. The van der Waals surface area contributed by atoms with Crippen LogP contribution in [0, 0.1) is 10.8 Å². The van der Waals surface area contributed by atoms with Crippen molar-refractivity contribution < 1.29 is 19.4 Å². The molecular formula is C16H27NO4. The summed E-state index contributed by atoms with van der Waals surface area (Å²) in [6, 6.07) is 0. The quantitative estimate of drug-likeness (QED) is 0.789. The van der Waals surface area contributed by atoms with Crippen LogP contribution in [0.15, 0.2) is 0 Å². The summed E-state index contributed by atoms with van der Waals surface area (Å²) in [5, 5.41) is 12.1. The van der Waals surface area contributed by atoms with Crippen molar-refractivity contribution in [3.8, 4) is 0 Å². The van der Waals surface area contributed by atoms with Gasteiger partial charge in [-0.1, -0.05) is 19.8 Å². The smallest absolute Gasteiger partial charge is 0.303 e. The summed E-state index contributed by atoms with van der Waals surface area (Å²) >= 11 is 0. The molecule has 5 heteroatoms. The van der Waals surface area contributed by atoms with Gasteiger partial charge in [-0.05, 0) is 36.5 Å². The number of hydrogen-bond acceptors (Lipinski definition) is 3. The molecule has 0 spiro atoms. The number of carboxylic acid groups (broad SMARTS) is 1. The maximum Gasteiger partial charge on any atom is 0.303 e. The largest absolute Gasteiger partial charge is 0.481 e. The molecule has 21 heavy (non-hydrogen) atoms. The fraction of sp³-hybridized carbons (Fsp3) is 0.875. The molecule has 1 amide bonds. The van der Waals surface area contributed by atoms with Gasteiger partial charge < -0.3 is 15.2 Å². The Morgan fingerprint density at radius 3 is 2.29 bits per heavy atom. The zero-order chi connectivity index (χ0) is 15.3. The third kappa shape index (κ3) is 4.70. The number of carboxylic acids is 1. The molecule has 1 saturated heterocycles. The number of ether oxygens (including phenoxy) is 1. The van der Waals surface area contributed by atoms with E-state index < -0.39 is 5.97 Å². The lowest BCUT2D eigenvalue weighted by Gasteiger charge is -2.34. The molecule has 1 aliphatic carbocycles. The standard InChI is InChI=1S/C16H27NO4/c1-15(6-8-21-9-7-15)12-17-13(18)10-16(11-14(19)20)4-2-3-5-16/h2-12H2,1H3,(H,17,18)(H,19,20). The first-order valence-corrected chi connectivity index (χ1v) is 7.99. The molecule has 2 fully saturated rings. The number of nitrogens with one attached hydrogen (secondary N) is 1. The van der Waals surface area contributed by atoms with Crippen molar-refractivity contribution in [2.24, 2.45) is 10.8 Å². The highest BCUT2D eigenvalue weighted by atomic mass is 16.5. The fourth-order valence-corrected chi connectivity index (χ4v) is 3.62. The molecule has 0 unspecified atom stereocenters. The van der Waals surface area contributed by atoms with Crippen molar-refractivity contribution >= 4 is 11.9 Å². The maximum atomic E-state index is 12.2. The molecule has 0 aromatic rings. The number of aliphatic carboxylic acids is 1. The first kappa shape index (κ1) is 16.3. The van der Waals surface area contributed by atoms with Crippen LogP contribution in [0.4, 0.5) is 0 Å². The van der Waals surface area contributed by atoms with E-state index in [1.54, 1.807) is 0 Å². The summed E-state index contributed by atoms with van der Waals surface area (Å²) in [6.45, 7) is 4.36. The third-order valence-electron chi connectivity index (χ3n) is 5.14. The van der Waals surface area contributed by atoms with Gasteiger partial charge in [0.25, 0.3) is 0 Å². The average molecular weight is 297 g/mol. The fourth-order valence-electron chi connectivity index (χ4n) is 3.62. The van der Waals surface area contributed by atoms with Crippen LogP contribution in [0.2, 0.25) is 0 Å². The van der Waals surface area contributed by atoms with E-state index in [0.29, 0.717) is 13.0 Å². The van der Waals surface area contributed by atoms with Gasteiger partial charge in [-0.3, -0.25) is 9.59 Å². The zero-order valence-corrected chi connectivity index (χ0v) is 13.0. The van der Waals surface area contributed by atoms with Gasteiger partial charge in [0.1, 0.15) is 0 Å². The van der Waals surface area contributed by atoms with Crippen molar-refractivity contribution in [1.82, 2.24) is 5.32 Å². The molecule has 0 atom stereocenters. The van der Waals surface area contributed by atoms with E-state index in [9.17, 15) is 9.59 Å². The minimum absolute atomic E-state index is 0.00543. The summed E-state index contributed by atoms with van der Waals surface area (Å²) in [4.78, 5) is 23.3. The molecule has 5 nitrogen and oxygen atoms in total. The van der Waals surface area contributed by atoms with E-state index in [1.165, 1.54) is 0 Å². The predicted molar refractivity (Wildman–Crippen MR) is 78.9 cm³/mol. The van der Waals surface area contributed by atoms with E-state index in [2.05, 4.69) is 12.2 Å². The normalized spacial score (nSPS) is 23.7. The van der Waals surface area contributed by atoms with Gasteiger partial charge in [-0.25, -0.2) is 0 Å². The van der Waals surface area contributed by atoms with E-state index >= 15 is 0 Å². The van der Waals surface area contributed by atoms with E-state index in [4.69, 9.17) is 9.84 Å². The Kier molecular flexibility index (Phi) is 5.25.